The topological polar surface area (TPSA) is 84.9 Å². The number of nitrogens with zero attached hydrogens (tertiary/aromatic N) is 1. The Morgan fingerprint density at radius 2 is 1.67 bits per heavy atom. The average Bonchev–Trinajstić information content (AvgIpc) is 2.83. The van der Waals surface area contributed by atoms with Gasteiger partial charge in [0.2, 0.25) is 10.0 Å². The molecule has 33 heavy (non-hydrogen) atoms. The highest BCUT2D eigenvalue weighted by atomic mass is 32.2. The van der Waals surface area contributed by atoms with E-state index >= 15 is 0 Å². The Kier molecular flexibility index (Phi) is 8.37. The molecule has 7 nitrogen and oxygen atoms in total. The quantitative estimate of drug-likeness (QED) is 0.582. The molecule has 0 spiro atoms. The molecule has 2 aromatic rings. The minimum absolute atomic E-state index is 0.111. The molecule has 2 aromatic carbocycles. The Balaban J connectivity index is 1.90. The summed E-state index contributed by atoms with van der Waals surface area (Å²) < 4.78 is 38.4. The van der Waals surface area contributed by atoms with Crippen LogP contribution in [0.5, 0.6) is 11.5 Å². The number of ether oxygens (including phenoxy) is 2. The summed E-state index contributed by atoms with van der Waals surface area (Å²) in [5, 5.41) is 3.08. The van der Waals surface area contributed by atoms with Crippen LogP contribution in [0.25, 0.3) is 0 Å². The number of carbonyl (C=O) groups is 1. The zero-order chi connectivity index (χ0) is 24.0. The van der Waals surface area contributed by atoms with Gasteiger partial charge in [0.15, 0.2) is 0 Å². The SMILES string of the molecule is COc1ccc([C@@H](CC(C)C)NC(=O)c2cc(S(=O)(=O)N3CCCCC3)ccc2OC)cc1. The first kappa shape index (κ1) is 25.1. The molecule has 0 bridgehead atoms. The molecule has 0 radical (unpaired) electrons. The smallest absolute Gasteiger partial charge is 0.255 e. The fourth-order valence-corrected chi connectivity index (χ4v) is 5.65. The molecule has 1 aliphatic rings. The second-order valence-electron chi connectivity index (χ2n) is 8.76. The van der Waals surface area contributed by atoms with Gasteiger partial charge >= 0.3 is 0 Å². The molecular formula is C25H34N2O5S. The summed E-state index contributed by atoms with van der Waals surface area (Å²) in [5.41, 5.74) is 1.16. The lowest BCUT2D eigenvalue weighted by atomic mass is 9.96. The number of rotatable bonds is 9. The summed E-state index contributed by atoms with van der Waals surface area (Å²) in [4.78, 5) is 13.5. The monoisotopic (exact) mass is 474 g/mol. The predicted molar refractivity (Wildman–Crippen MR) is 128 cm³/mol. The van der Waals surface area contributed by atoms with E-state index in [0.717, 1.165) is 37.0 Å². The van der Waals surface area contributed by atoms with Crippen LogP contribution in [0.4, 0.5) is 0 Å². The minimum Gasteiger partial charge on any atom is -0.497 e. The number of hydrogen-bond acceptors (Lipinski definition) is 5. The van der Waals surface area contributed by atoms with E-state index < -0.39 is 10.0 Å². The van der Waals surface area contributed by atoms with Gasteiger partial charge in [0.1, 0.15) is 11.5 Å². The zero-order valence-corrected chi connectivity index (χ0v) is 20.7. The summed E-state index contributed by atoms with van der Waals surface area (Å²) >= 11 is 0. The third kappa shape index (κ3) is 6.06. The maximum Gasteiger partial charge on any atom is 0.255 e. The molecule has 1 heterocycles. The lowest BCUT2D eigenvalue weighted by Crippen LogP contribution is -2.36. The second kappa shape index (κ2) is 11.0. The van der Waals surface area contributed by atoms with E-state index in [2.05, 4.69) is 19.2 Å². The normalized spacial score (nSPS) is 15.8. The number of hydrogen-bond donors (Lipinski definition) is 1. The first-order valence-corrected chi connectivity index (χ1v) is 12.8. The number of benzene rings is 2. The van der Waals surface area contributed by atoms with Crippen LogP contribution < -0.4 is 14.8 Å². The molecule has 1 aliphatic heterocycles. The minimum atomic E-state index is -3.67. The van der Waals surface area contributed by atoms with Gasteiger partial charge in [-0.2, -0.15) is 4.31 Å². The predicted octanol–water partition coefficient (Wildman–Crippen LogP) is 4.40. The molecule has 0 aliphatic carbocycles. The van der Waals surface area contributed by atoms with Gasteiger partial charge in [0.05, 0.1) is 30.7 Å². The van der Waals surface area contributed by atoms with Crippen LogP contribution in [-0.4, -0.2) is 45.9 Å². The lowest BCUT2D eigenvalue weighted by molar-refractivity contribution is 0.0928. The van der Waals surface area contributed by atoms with Crippen molar-refractivity contribution >= 4 is 15.9 Å². The van der Waals surface area contributed by atoms with Crippen molar-refractivity contribution in [3.05, 3.63) is 53.6 Å². The van der Waals surface area contributed by atoms with Gasteiger partial charge in [-0.25, -0.2) is 8.42 Å². The van der Waals surface area contributed by atoms with E-state index in [0.29, 0.717) is 24.8 Å². The summed E-state index contributed by atoms with van der Waals surface area (Å²) in [7, 11) is -0.584. The van der Waals surface area contributed by atoms with Crippen molar-refractivity contribution in [2.24, 2.45) is 5.92 Å². The Morgan fingerprint density at radius 3 is 2.24 bits per heavy atom. The number of methoxy groups -OCH3 is 2. The molecular weight excluding hydrogens is 440 g/mol. The van der Waals surface area contributed by atoms with Gasteiger partial charge in [-0.15, -0.1) is 0 Å². The molecule has 8 heteroatoms. The molecule has 1 amide bonds. The molecule has 1 saturated heterocycles. The number of carbonyl (C=O) groups excluding carboxylic acids is 1. The number of nitrogens with one attached hydrogen (secondary N) is 1. The number of amides is 1. The van der Waals surface area contributed by atoms with Crippen LogP contribution in [0.3, 0.4) is 0 Å². The highest BCUT2D eigenvalue weighted by Gasteiger charge is 2.28. The summed E-state index contributed by atoms with van der Waals surface area (Å²) in [6.07, 6.45) is 3.46. The van der Waals surface area contributed by atoms with E-state index in [4.69, 9.17) is 9.47 Å². The van der Waals surface area contributed by atoms with E-state index in [-0.39, 0.29) is 22.4 Å². The lowest BCUT2D eigenvalue weighted by Gasteiger charge is -2.26. The van der Waals surface area contributed by atoms with Crippen LogP contribution in [0, 0.1) is 5.92 Å². The first-order chi connectivity index (χ1) is 15.8. The largest absolute Gasteiger partial charge is 0.497 e. The Hall–Kier alpha value is -2.58. The Bertz CT molecular complexity index is 1040. The molecule has 3 rings (SSSR count). The van der Waals surface area contributed by atoms with Crippen LogP contribution in [0.2, 0.25) is 0 Å². The van der Waals surface area contributed by atoms with Gasteiger partial charge in [-0.1, -0.05) is 32.4 Å². The van der Waals surface area contributed by atoms with Crippen molar-refractivity contribution in [2.45, 2.75) is 50.5 Å². The van der Waals surface area contributed by atoms with Gasteiger partial charge in [-0.05, 0) is 61.1 Å². The van der Waals surface area contributed by atoms with E-state index in [1.165, 1.54) is 23.5 Å². The molecule has 180 valence electrons. The zero-order valence-electron chi connectivity index (χ0n) is 19.8. The maximum absolute atomic E-state index is 13.3. The van der Waals surface area contributed by atoms with Gasteiger partial charge in [0, 0.05) is 13.1 Å². The van der Waals surface area contributed by atoms with Crippen LogP contribution in [-0.2, 0) is 10.0 Å². The van der Waals surface area contributed by atoms with Crippen molar-refractivity contribution in [1.29, 1.82) is 0 Å². The van der Waals surface area contributed by atoms with Gasteiger partial charge in [-0.3, -0.25) is 4.79 Å². The third-order valence-corrected chi connectivity index (χ3v) is 7.79. The van der Waals surface area contributed by atoms with Crippen LogP contribution in [0.15, 0.2) is 47.4 Å². The third-order valence-electron chi connectivity index (χ3n) is 5.90. The van der Waals surface area contributed by atoms with Crippen molar-refractivity contribution in [3.8, 4) is 11.5 Å². The fraction of sp³-hybridized carbons (Fsp3) is 0.480. The fourth-order valence-electron chi connectivity index (χ4n) is 4.10. The van der Waals surface area contributed by atoms with Crippen molar-refractivity contribution in [3.63, 3.8) is 0 Å². The summed E-state index contributed by atoms with van der Waals surface area (Å²) in [6, 6.07) is 11.8. The van der Waals surface area contributed by atoms with E-state index in [1.54, 1.807) is 13.2 Å². The molecule has 1 fully saturated rings. The number of sulfonamides is 1. The standard InChI is InChI=1S/C25H34N2O5S/c1-18(2)16-23(19-8-10-20(31-3)11-9-19)26-25(28)22-17-21(12-13-24(22)32-4)33(29,30)27-14-6-5-7-15-27/h8-13,17-18,23H,5-7,14-16H2,1-4H3,(H,26,28)/t23-/m1/s1. The second-order valence-corrected chi connectivity index (χ2v) is 10.7. The molecule has 0 unspecified atom stereocenters. The first-order valence-electron chi connectivity index (χ1n) is 11.4. The van der Waals surface area contributed by atoms with Crippen LogP contribution in [0.1, 0.15) is 61.5 Å². The Morgan fingerprint density at radius 1 is 1.00 bits per heavy atom. The molecule has 0 aromatic heterocycles. The van der Waals surface area contributed by atoms with Crippen molar-refractivity contribution in [1.82, 2.24) is 9.62 Å². The van der Waals surface area contributed by atoms with E-state index in [1.807, 2.05) is 24.3 Å². The summed E-state index contributed by atoms with van der Waals surface area (Å²) in [5.74, 6) is 1.04. The van der Waals surface area contributed by atoms with E-state index in [9.17, 15) is 13.2 Å². The number of piperidine rings is 1. The average molecular weight is 475 g/mol. The molecule has 1 atom stereocenters. The van der Waals surface area contributed by atoms with Crippen molar-refractivity contribution in [2.75, 3.05) is 27.3 Å². The highest BCUT2D eigenvalue weighted by molar-refractivity contribution is 7.89. The summed E-state index contributed by atoms with van der Waals surface area (Å²) in [6.45, 7) is 5.19. The maximum atomic E-state index is 13.3. The molecule has 1 N–H and O–H groups in total. The van der Waals surface area contributed by atoms with Gasteiger partial charge in [0.25, 0.3) is 5.91 Å². The molecule has 0 saturated carbocycles. The van der Waals surface area contributed by atoms with Crippen molar-refractivity contribution < 1.29 is 22.7 Å². The highest BCUT2D eigenvalue weighted by Crippen LogP contribution is 2.28. The van der Waals surface area contributed by atoms with Gasteiger partial charge < -0.3 is 14.8 Å². The van der Waals surface area contributed by atoms with Crippen LogP contribution >= 0.6 is 0 Å². The Labute approximate surface area is 197 Å².